The van der Waals surface area contributed by atoms with Gasteiger partial charge in [0.1, 0.15) is 0 Å². The van der Waals surface area contributed by atoms with E-state index in [0.717, 1.165) is 25.0 Å². The summed E-state index contributed by atoms with van der Waals surface area (Å²) in [6.07, 6.45) is 3.02. The summed E-state index contributed by atoms with van der Waals surface area (Å²) < 4.78 is 0. The molecular formula is C14H21N3O3S. The molecule has 0 radical (unpaired) electrons. The lowest BCUT2D eigenvalue weighted by molar-refractivity contribution is -0.138. The molecule has 0 saturated heterocycles. The summed E-state index contributed by atoms with van der Waals surface area (Å²) in [7, 11) is 0. The summed E-state index contributed by atoms with van der Waals surface area (Å²) >= 11 is 1.50. The molecule has 1 aliphatic carbocycles. The lowest BCUT2D eigenvalue weighted by Crippen LogP contribution is -2.46. The molecule has 1 aromatic heterocycles. The zero-order chi connectivity index (χ0) is 15.6. The van der Waals surface area contributed by atoms with E-state index in [1.54, 1.807) is 0 Å². The highest BCUT2D eigenvalue weighted by Crippen LogP contribution is 2.30. The number of hydrogen-bond acceptors (Lipinski definition) is 4. The SMILES string of the molecule is CC(C)(C)C(CC(=O)O)NC(=O)Nc1nc2c(s1)CCC2. The number of thiazole rings is 1. The number of fused-ring (bicyclic) bond motifs is 1. The normalized spacial score (nSPS) is 15.4. The third-order valence-corrected chi connectivity index (χ3v) is 4.62. The van der Waals surface area contributed by atoms with Crippen LogP contribution >= 0.6 is 11.3 Å². The van der Waals surface area contributed by atoms with Crippen molar-refractivity contribution in [2.24, 2.45) is 5.41 Å². The number of urea groups is 1. The summed E-state index contributed by atoms with van der Waals surface area (Å²) in [4.78, 5) is 28.6. The molecule has 6 nitrogen and oxygen atoms in total. The molecule has 0 aromatic carbocycles. The average Bonchev–Trinajstić information content (AvgIpc) is 2.86. The van der Waals surface area contributed by atoms with Crippen LogP contribution in [-0.2, 0) is 17.6 Å². The number of amides is 2. The number of carboxylic acid groups (broad SMARTS) is 1. The van der Waals surface area contributed by atoms with E-state index in [-0.39, 0.29) is 11.8 Å². The van der Waals surface area contributed by atoms with E-state index in [1.165, 1.54) is 16.2 Å². The highest BCUT2D eigenvalue weighted by atomic mass is 32.1. The van der Waals surface area contributed by atoms with Crippen LogP contribution in [0.2, 0.25) is 0 Å². The maximum Gasteiger partial charge on any atom is 0.321 e. The monoisotopic (exact) mass is 311 g/mol. The molecule has 7 heteroatoms. The predicted molar refractivity (Wildman–Crippen MR) is 81.8 cm³/mol. The van der Waals surface area contributed by atoms with Gasteiger partial charge in [-0.05, 0) is 24.7 Å². The fourth-order valence-electron chi connectivity index (χ4n) is 2.28. The molecule has 1 aliphatic rings. The third-order valence-electron chi connectivity index (χ3n) is 3.55. The van der Waals surface area contributed by atoms with Crippen molar-refractivity contribution in [3.63, 3.8) is 0 Å². The molecular weight excluding hydrogens is 290 g/mol. The quantitative estimate of drug-likeness (QED) is 0.797. The number of carboxylic acids is 1. The Morgan fingerprint density at radius 2 is 2.10 bits per heavy atom. The molecule has 1 atom stereocenters. The summed E-state index contributed by atoms with van der Waals surface area (Å²) in [5, 5.41) is 15.0. The van der Waals surface area contributed by atoms with Crippen LogP contribution in [0.1, 0.15) is 44.2 Å². The molecule has 0 saturated carbocycles. The molecule has 0 bridgehead atoms. The van der Waals surface area contributed by atoms with E-state index < -0.39 is 18.0 Å². The molecule has 3 N–H and O–H groups in total. The Kier molecular flexibility index (Phi) is 4.51. The van der Waals surface area contributed by atoms with Crippen molar-refractivity contribution in [1.29, 1.82) is 0 Å². The molecule has 0 aliphatic heterocycles. The third kappa shape index (κ3) is 4.17. The van der Waals surface area contributed by atoms with Gasteiger partial charge in [-0.2, -0.15) is 0 Å². The second-order valence-electron chi connectivity index (χ2n) is 6.36. The van der Waals surface area contributed by atoms with Gasteiger partial charge in [-0.3, -0.25) is 10.1 Å². The minimum atomic E-state index is -0.927. The van der Waals surface area contributed by atoms with Crippen LogP contribution in [0.15, 0.2) is 0 Å². The standard InChI is InChI=1S/C14H21N3O3S/c1-14(2,3)10(7-11(18)19)16-12(20)17-13-15-8-5-4-6-9(8)21-13/h10H,4-7H2,1-3H3,(H,18,19)(H2,15,16,17,20). The van der Waals surface area contributed by atoms with Crippen LogP contribution in [0.25, 0.3) is 0 Å². The van der Waals surface area contributed by atoms with Gasteiger partial charge in [0.25, 0.3) is 0 Å². The van der Waals surface area contributed by atoms with Crippen LogP contribution in [-0.4, -0.2) is 28.1 Å². The molecule has 1 unspecified atom stereocenters. The van der Waals surface area contributed by atoms with Gasteiger partial charge in [-0.25, -0.2) is 9.78 Å². The highest BCUT2D eigenvalue weighted by molar-refractivity contribution is 7.15. The van der Waals surface area contributed by atoms with Gasteiger partial charge in [0.15, 0.2) is 5.13 Å². The fraction of sp³-hybridized carbons (Fsp3) is 0.643. The van der Waals surface area contributed by atoms with Crippen LogP contribution in [0.3, 0.4) is 0 Å². The minimum Gasteiger partial charge on any atom is -0.481 e. The number of hydrogen-bond donors (Lipinski definition) is 3. The van der Waals surface area contributed by atoms with Crippen molar-refractivity contribution in [3.05, 3.63) is 10.6 Å². The summed E-state index contributed by atoms with van der Waals surface area (Å²) in [5.74, 6) is -0.927. The van der Waals surface area contributed by atoms with Crippen molar-refractivity contribution >= 4 is 28.5 Å². The van der Waals surface area contributed by atoms with Gasteiger partial charge in [-0.1, -0.05) is 20.8 Å². The Labute approximate surface area is 128 Å². The second-order valence-corrected chi connectivity index (χ2v) is 7.44. The van der Waals surface area contributed by atoms with Crippen molar-refractivity contribution in [1.82, 2.24) is 10.3 Å². The van der Waals surface area contributed by atoms with Crippen molar-refractivity contribution in [2.45, 2.75) is 52.5 Å². The number of anilines is 1. The number of aromatic nitrogens is 1. The Morgan fingerprint density at radius 1 is 1.38 bits per heavy atom. The molecule has 1 heterocycles. The van der Waals surface area contributed by atoms with E-state index in [0.29, 0.717) is 5.13 Å². The first-order valence-corrected chi connectivity index (χ1v) is 7.85. The maximum absolute atomic E-state index is 12.0. The number of aryl methyl sites for hydroxylation is 2. The number of nitrogens with one attached hydrogen (secondary N) is 2. The first-order chi connectivity index (χ1) is 9.75. The molecule has 2 rings (SSSR count). The van der Waals surface area contributed by atoms with Crippen molar-refractivity contribution in [2.75, 3.05) is 5.32 Å². The van der Waals surface area contributed by atoms with Gasteiger partial charge in [0.05, 0.1) is 12.1 Å². The van der Waals surface area contributed by atoms with Gasteiger partial charge >= 0.3 is 12.0 Å². The van der Waals surface area contributed by atoms with Gasteiger partial charge < -0.3 is 10.4 Å². The Morgan fingerprint density at radius 3 is 2.67 bits per heavy atom. The largest absolute Gasteiger partial charge is 0.481 e. The average molecular weight is 311 g/mol. The van der Waals surface area contributed by atoms with E-state index in [1.807, 2.05) is 20.8 Å². The Hall–Kier alpha value is -1.63. The first-order valence-electron chi connectivity index (χ1n) is 7.03. The molecule has 0 spiro atoms. The maximum atomic E-state index is 12.0. The lowest BCUT2D eigenvalue weighted by atomic mass is 9.85. The van der Waals surface area contributed by atoms with E-state index in [4.69, 9.17) is 5.11 Å². The van der Waals surface area contributed by atoms with Gasteiger partial charge in [0.2, 0.25) is 0 Å². The molecule has 116 valence electrons. The topological polar surface area (TPSA) is 91.3 Å². The Bertz CT molecular complexity index is 527. The zero-order valence-electron chi connectivity index (χ0n) is 12.5. The summed E-state index contributed by atoms with van der Waals surface area (Å²) in [5.41, 5.74) is 0.744. The van der Waals surface area contributed by atoms with Gasteiger partial charge in [0, 0.05) is 10.9 Å². The number of aliphatic carboxylic acids is 1. The van der Waals surface area contributed by atoms with Crippen LogP contribution in [0, 0.1) is 5.41 Å². The number of nitrogens with zero attached hydrogens (tertiary/aromatic N) is 1. The van der Waals surface area contributed by atoms with Crippen LogP contribution in [0.5, 0.6) is 0 Å². The minimum absolute atomic E-state index is 0.106. The molecule has 1 aromatic rings. The molecule has 0 fully saturated rings. The number of carbonyl (C=O) groups excluding carboxylic acids is 1. The van der Waals surface area contributed by atoms with E-state index in [2.05, 4.69) is 15.6 Å². The van der Waals surface area contributed by atoms with E-state index in [9.17, 15) is 9.59 Å². The van der Waals surface area contributed by atoms with E-state index >= 15 is 0 Å². The van der Waals surface area contributed by atoms with Crippen LogP contribution < -0.4 is 10.6 Å². The molecule has 2 amide bonds. The van der Waals surface area contributed by atoms with Gasteiger partial charge in [-0.15, -0.1) is 11.3 Å². The summed E-state index contributed by atoms with van der Waals surface area (Å²) in [6.45, 7) is 5.70. The number of carbonyl (C=O) groups is 2. The smallest absolute Gasteiger partial charge is 0.321 e. The lowest BCUT2D eigenvalue weighted by Gasteiger charge is -2.30. The van der Waals surface area contributed by atoms with Crippen molar-refractivity contribution < 1.29 is 14.7 Å². The predicted octanol–water partition coefficient (Wildman–Crippen LogP) is 2.64. The Balaban J connectivity index is 1.96. The molecule has 21 heavy (non-hydrogen) atoms. The van der Waals surface area contributed by atoms with Crippen molar-refractivity contribution in [3.8, 4) is 0 Å². The fourth-order valence-corrected chi connectivity index (χ4v) is 3.33. The first kappa shape index (κ1) is 15.8. The van der Waals surface area contributed by atoms with Crippen LogP contribution in [0.4, 0.5) is 9.93 Å². The second kappa shape index (κ2) is 6.01. The zero-order valence-corrected chi connectivity index (χ0v) is 13.3. The highest BCUT2D eigenvalue weighted by Gasteiger charge is 2.29. The summed E-state index contributed by atoms with van der Waals surface area (Å²) in [6, 6.07) is -0.842. The number of rotatable bonds is 4.